The van der Waals surface area contributed by atoms with Gasteiger partial charge in [0.1, 0.15) is 12.4 Å². The van der Waals surface area contributed by atoms with Crippen molar-refractivity contribution in [2.75, 3.05) is 4.90 Å². The Morgan fingerprint density at radius 3 is 2.40 bits per heavy atom. The summed E-state index contributed by atoms with van der Waals surface area (Å²) in [5.41, 5.74) is 2.74. The maximum Gasteiger partial charge on any atom is 0.296 e. The zero-order valence-corrected chi connectivity index (χ0v) is 22.7. The molecule has 0 spiro atoms. The summed E-state index contributed by atoms with van der Waals surface area (Å²) in [5.74, 6) is -1.58. The van der Waals surface area contributed by atoms with Crippen LogP contribution in [0.4, 0.5) is 5.13 Å². The van der Waals surface area contributed by atoms with Crippen LogP contribution in [0.5, 0.6) is 5.75 Å². The molecule has 0 bridgehead atoms. The summed E-state index contributed by atoms with van der Waals surface area (Å²) in [7, 11) is 0. The molecular formula is C32H26N2O5S. The van der Waals surface area contributed by atoms with Crippen molar-refractivity contribution in [1.29, 1.82) is 0 Å². The second-order valence-corrected chi connectivity index (χ2v) is 10.2. The van der Waals surface area contributed by atoms with E-state index in [1.165, 1.54) is 17.9 Å². The molecular weight excluding hydrogens is 524 g/mol. The molecule has 1 N–H and O–H groups in total. The Morgan fingerprint density at radius 2 is 1.73 bits per heavy atom. The normalized spacial score (nSPS) is 15.2. The minimum absolute atomic E-state index is 0.0744. The van der Waals surface area contributed by atoms with Crippen molar-refractivity contribution in [2.45, 2.75) is 26.5 Å². The van der Waals surface area contributed by atoms with Gasteiger partial charge in [-0.05, 0) is 41.8 Å². The molecule has 200 valence electrons. The highest BCUT2D eigenvalue weighted by Gasteiger charge is 2.45. The number of thiazole rings is 1. The smallest absolute Gasteiger partial charge is 0.296 e. The molecule has 0 saturated carbocycles. The quantitative estimate of drug-likeness (QED) is 0.191. The van der Waals surface area contributed by atoms with E-state index in [-0.39, 0.29) is 16.5 Å². The van der Waals surface area contributed by atoms with Gasteiger partial charge in [0.05, 0.1) is 22.2 Å². The van der Waals surface area contributed by atoms with E-state index in [1.54, 1.807) is 37.3 Å². The molecule has 1 aliphatic rings. The lowest BCUT2D eigenvalue weighted by Crippen LogP contribution is -2.30. The Labute approximate surface area is 235 Å². The van der Waals surface area contributed by atoms with Gasteiger partial charge >= 0.3 is 0 Å². The van der Waals surface area contributed by atoms with Crippen LogP contribution in [0.1, 0.15) is 45.0 Å². The first-order chi connectivity index (χ1) is 19.3. The van der Waals surface area contributed by atoms with E-state index in [4.69, 9.17) is 4.74 Å². The first kappa shape index (κ1) is 26.8. The molecule has 7 nitrogen and oxygen atoms in total. The van der Waals surface area contributed by atoms with Crippen molar-refractivity contribution in [3.8, 4) is 5.75 Å². The van der Waals surface area contributed by atoms with Gasteiger partial charge < -0.3 is 9.84 Å². The number of hydrogen-bond donors (Lipinski definition) is 1. The average Bonchev–Trinajstić information content (AvgIpc) is 3.48. The fourth-order valence-corrected chi connectivity index (χ4v) is 5.51. The summed E-state index contributed by atoms with van der Waals surface area (Å²) in [4.78, 5) is 45.3. The molecule has 0 radical (unpaired) electrons. The third-order valence-corrected chi connectivity index (χ3v) is 7.69. The lowest BCUT2D eigenvalue weighted by atomic mass is 9.95. The second kappa shape index (κ2) is 11.5. The molecule has 8 heteroatoms. The minimum Gasteiger partial charge on any atom is -0.503 e. The highest BCUT2D eigenvalue weighted by molar-refractivity contribution is 7.17. The van der Waals surface area contributed by atoms with Crippen molar-refractivity contribution in [3.05, 3.63) is 130 Å². The van der Waals surface area contributed by atoms with Crippen molar-refractivity contribution in [3.63, 3.8) is 0 Å². The highest BCUT2D eigenvalue weighted by atomic mass is 32.1. The summed E-state index contributed by atoms with van der Waals surface area (Å²) >= 11 is 1.05. The van der Waals surface area contributed by atoms with E-state index in [1.807, 2.05) is 60.7 Å². The van der Waals surface area contributed by atoms with Crippen LogP contribution in [-0.2, 0) is 16.2 Å². The Hall–Kier alpha value is -4.82. The first-order valence-corrected chi connectivity index (χ1v) is 13.4. The minimum atomic E-state index is -0.981. The van der Waals surface area contributed by atoms with Gasteiger partial charge in [0, 0.05) is 6.92 Å². The van der Waals surface area contributed by atoms with Gasteiger partial charge in [-0.25, -0.2) is 4.98 Å². The molecule has 1 atom stereocenters. The molecule has 40 heavy (non-hydrogen) atoms. The fraction of sp³-hybridized carbons (Fsp3) is 0.125. The van der Waals surface area contributed by atoms with E-state index in [2.05, 4.69) is 4.98 Å². The Kier molecular flexibility index (Phi) is 7.70. The Balaban J connectivity index is 1.55. The number of amides is 1. The van der Waals surface area contributed by atoms with Gasteiger partial charge in [-0.1, -0.05) is 90.2 Å². The number of ketones is 2. The number of ether oxygens (including phenoxy) is 1. The number of nitrogens with zero attached hydrogens (tertiary/aromatic N) is 2. The molecule has 2 heterocycles. The van der Waals surface area contributed by atoms with Crippen LogP contribution in [0.25, 0.3) is 6.08 Å². The van der Waals surface area contributed by atoms with Crippen molar-refractivity contribution >= 4 is 40.0 Å². The number of aliphatic hydroxyl groups is 1. The van der Waals surface area contributed by atoms with Crippen LogP contribution in [0.3, 0.4) is 0 Å². The maximum atomic E-state index is 13.5. The average molecular weight is 551 g/mol. The number of allylic oxidation sites excluding steroid dienone is 1. The lowest BCUT2D eigenvalue weighted by molar-refractivity contribution is -0.117. The third kappa shape index (κ3) is 5.48. The first-order valence-electron chi connectivity index (χ1n) is 12.6. The number of anilines is 1. The molecule has 1 amide bonds. The number of aromatic nitrogens is 1. The number of hydrogen-bond acceptors (Lipinski definition) is 7. The van der Waals surface area contributed by atoms with E-state index in [0.29, 0.717) is 28.5 Å². The highest BCUT2D eigenvalue weighted by Crippen LogP contribution is 2.43. The van der Waals surface area contributed by atoms with E-state index >= 15 is 0 Å². The molecule has 4 aromatic rings. The molecule has 0 aliphatic carbocycles. The molecule has 0 saturated heterocycles. The fourth-order valence-electron chi connectivity index (χ4n) is 4.52. The SMILES string of the molecule is CC(=O)c1sc(N2C(=O)C(O)=C(C(=O)/C=C/c3ccccc3)C2c2cccc(OCc3ccccc3)c2)nc1C. The standard InChI is InChI=1S/C32H26N2O5S/c1-20-30(21(2)35)40-32(33-20)34-28(24-14-9-15-25(18-24)39-19-23-12-7-4-8-13-23)27(29(37)31(34)38)26(36)17-16-22-10-5-3-6-11-22/h3-18,28,37H,19H2,1-2H3/b17-16+. The predicted octanol–water partition coefficient (Wildman–Crippen LogP) is 6.42. The second-order valence-electron chi connectivity index (χ2n) is 9.26. The zero-order chi connectivity index (χ0) is 28.2. The Morgan fingerprint density at radius 1 is 1.02 bits per heavy atom. The predicted molar refractivity (Wildman–Crippen MR) is 154 cm³/mol. The van der Waals surface area contributed by atoms with Crippen molar-refractivity contribution in [1.82, 2.24) is 4.98 Å². The van der Waals surface area contributed by atoms with Crippen LogP contribution in [0, 0.1) is 6.92 Å². The maximum absolute atomic E-state index is 13.5. The largest absolute Gasteiger partial charge is 0.503 e. The molecule has 3 aromatic carbocycles. The number of aryl methyl sites for hydroxylation is 1. The van der Waals surface area contributed by atoms with Crippen LogP contribution in [0.15, 0.2) is 102 Å². The van der Waals surface area contributed by atoms with E-state index in [0.717, 1.165) is 22.5 Å². The van der Waals surface area contributed by atoms with Gasteiger partial charge in [0.25, 0.3) is 5.91 Å². The van der Waals surface area contributed by atoms with Crippen LogP contribution >= 0.6 is 11.3 Å². The van der Waals surface area contributed by atoms with Crippen LogP contribution in [-0.4, -0.2) is 27.6 Å². The molecule has 1 aromatic heterocycles. The number of carbonyl (C=O) groups excluding carboxylic acids is 3. The summed E-state index contributed by atoms with van der Waals surface area (Å²) in [6.07, 6.45) is 2.97. The van der Waals surface area contributed by atoms with E-state index < -0.39 is 23.5 Å². The van der Waals surface area contributed by atoms with Crippen molar-refractivity contribution in [2.24, 2.45) is 0 Å². The third-order valence-electron chi connectivity index (χ3n) is 6.43. The van der Waals surface area contributed by atoms with Crippen molar-refractivity contribution < 1.29 is 24.2 Å². The molecule has 5 rings (SSSR count). The van der Waals surface area contributed by atoms with Gasteiger partial charge in [-0.2, -0.15) is 0 Å². The van der Waals surface area contributed by atoms with Gasteiger partial charge in [0.15, 0.2) is 22.5 Å². The summed E-state index contributed by atoms with van der Waals surface area (Å²) in [5, 5.41) is 11.2. The van der Waals surface area contributed by atoms with Gasteiger partial charge in [0.2, 0.25) is 0 Å². The van der Waals surface area contributed by atoms with Gasteiger partial charge in [-0.15, -0.1) is 0 Å². The Bertz CT molecular complexity index is 1640. The van der Waals surface area contributed by atoms with Crippen LogP contribution < -0.4 is 9.64 Å². The topological polar surface area (TPSA) is 96.8 Å². The summed E-state index contributed by atoms with van der Waals surface area (Å²) < 4.78 is 6.00. The number of rotatable bonds is 9. The summed E-state index contributed by atoms with van der Waals surface area (Å²) in [6.45, 7) is 3.45. The van der Waals surface area contributed by atoms with E-state index in [9.17, 15) is 19.5 Å². The monoisotopic (exact) mass is 550 g/mol. The molecule has 1 unspecified atom stereocenters. The zero-order valence-electron chi connectivity index (χ0n) is 21.9. The number of benzene rings is 3. The number of aliphatic hydroxyl groups excluding tert-OH is 1. The number of Topliss-reactive ketones (excluding diaryl/α,β-unsaturated/α-hetero) is 1. The number of carbonyl (C=O) groups is 3. The molecule has 1 aliphatic heterocycles. The van der Waals surface area contributed by atoms with Gasteiger partial charge in [-0.3, -0.25) is 19.3 Å². The summed E-state index contributed by atoms with van der Waals surface area (Å²) in [6, 6.07) is 25.0. The molecule has 0 fully saturated rings. The lowest BCUT2D eigenvalue weighted by Gasteiger charge is -2.24. The van der Waals surface area contributed by atoms with Crippen LogP contribution in [0.2, 0.25) is 0 Å².